The standard InChI is InChI=1S/C21H21N9O2/c1-12-17(3-15(7-23-12)27-20(31)13-4-22-5-13)28-21(32)16-8-26-30-11-18(24-9-19(16)30)14-6-25-29(2)10-14/h3,6-11,13,22H,4-5H2,1-2H3,(H,27,31)(H,28,32). The van der Waals surface area contributed by atoms with Crippen molar-refractivity contribution in [3.8, 4) is 11.3 Å². The van der Waals surface area contributed by atoms with Gasteiger partial charge in [0.25, 0.3) is 5.91 Å². The molecule has 5 heterocycles. The molecule has 11 heteroatoms. The number of hydrogen-bond acceptors (Lipinski definition) is 7. The molecular weight excluding hydrogens is 410 g/mol. The normalized spacial score (nSPS) is 13.7. The highest BCUT2D eigenvalue weighted by atomic mass is 16.2. The Hall–Kier alpha value is -4.12. The lowest BCUT2D eigenvalue weighted by molar-refractivity contribution is -0.121. The van der Waals surface area contributed by atoms with Crippen LogP contribution in [0.25, 0.3) is 16.8 Å². The summed E-state index contributed by atoms with van der Waals surface area (Å²) in [7, 11) is 1.83. The highest BCUT2D eigenvalue weighted by Gasteiger charge is 2.25. The summed E-state index contributed by atoms with van der Waals surface area (Å²) in [5, 5.41) is 17.2. The molecule has 1 aliphatic heterocycles. The third-order valence-corrected chi connectivity index (χ3v) is 5.40. The molecule has 32 heavy (non-hydrogen) atoms. The zero-order chi connectivity index (χ0) is 22.2. The minimum atomic E-state index is -0.340. The number of fused-ring (bicyclic) bond motifs is 1. The predicted molar refractivity (Wildman–Crippen MR) is 117 cm³/mol. The van der Waals surface area contributed by atoms with Crippen LogP contribution in [0.5, 0.6) is 0 Å². The second-order valence-electron chi connectivity index (χ2n) is 7.72. The number of nitrogens with one attached hydrogen (secondary N) is 3. The predicted octanol–water partition coefficient (Wildman–Crippen LogP) is 1.24. The van der Waals surface area contributed by atoms with Crippen molar-refractivity contribution in [3.05, 3.63) is 54.5 Å². The van der Waals surface area contributed by atoms with Crippen LogP contribution in [-0.4, -0.2) is 54.3 Å². The van der Waals surface area contributed by atoms with Gasteiger partial charge in [-0.2, -0.15) is 10.2 Å². The molecule has 0 radical (unpaired) electrons. The molecule has 11 nitrogen and oxygen atoms in total. The summed E-state index contributed by atoms with van der Waals surface area (Å²) in [6.45, 7) is 3.12. The van der Waals surface area contributed by atoms with Crippen LogP contribution in [0.15, 0.2) is 43.2 Å². The maximum Gasteiger partial charge on any atom is 0.259 e. The van der Waals surface area contributed by atoms with Crippen LogP contribution in [0.3, 0.4) is 0 Å². The molecule has 1 fully saturated rings. The summed E-state index contributed by atoms with van der Waals surface area (Å²) in [5.74, 6) is -0.450. The van der Waals surface area contributed by atoms with Gasteiger partial charge < -0.3 is 16.0 Å². The smallest absolute Gasteiger partial charge is 0.259 e. The summed E-state index contributed by atoms with van der Waals surface area (Å²) in [4.78, 5) is 33.9. The van der Waals surface area contributed by atoms with Crippen molar-refractivity contribution in [1.29, 1.82) is 0 Å². The third kappa shape index (κ3) is 3.69. The van der Waals surface area contributed by atoms with Gasteiger partial charge in [-0.25, -0.2) is 4.52 Å². The van der Waals surface area contributed by atoms with Crippen LogP contribution in [0, 0.1) is 12.8 Å². The molecule has 4 aromatic rings. The van der Waals surface area contributed by atoms with Crippen molar-refractivity contribution in [2.45, 2.75) is 6.92 Å². The monoisotopic (exact) mass is 431 g/mol. The van der Waals surface area contributed by atoms with Gasteiger partial charge in [0, 0.05) is 31.9 Å². The number of nitrogens with zero attached hydrogens (tertiary/aromatic N) is 6. The lowest BCUT2D eigenvalue weighted by atomic mass is 10.0. The van der Waals surface area contributed by atoms with Crippen LogP contribution in [-0.2, 0) is 11.8 Å². The van der Waals surface area contributed by atoms with E-state index < -0.39 is 0 Å². The average molecular weight is 431 g/mol. The number of carbonyl (C=O) groups excluding carboxylic acids is 2. The minimum absolute atomic E-state index is 0.0443. The topological polar surface area (TPSA) is 131 Å². The van der Waals surface area contributed by atoms with E-state index in [0.717, 1.165) is 5.56 Å². The Bertz CT molecular complexity index is 1340. The first-order valence-electron chi connectivity index (χ1n) is 10.1. The van der Waals surface area contributed by atoms with E-state index in [1.165, 1.54) is 6.20 Å². The number of aromatic nitrogens is 6. The molecule has 1 saturated heterocycles. The lowest BCUT2D eigenvalue weighted by Crippen LogP contribution is -2.48. The van der Waals surface area contributed by atoms with Crippen molar-refractivity contribution in [2.75, 3.05) is 23.7 Å². The average Bonchev–Trinajstić information content (AvgIpc) is 3.34. The van der Waals surface area contributed by atoms with Crippen LogP contribution in [0.2, 0.25) is 0 Å². The number of carbonyl (C=O) groups is 2. The Morgan fingerprint density at radius 3 is 2.62 bits per heavy atom. The fourth-order valence-electron chi connectivity index (χ4n) is 3.40. The Morgan fingerprint density at radius 1 is 1.06 bits per heavy atom. The number of rotatable bonds is 5. The molecule has 2 amide bonds. The van der Waals surface area contributed by atoms with E-state index >= 15 is 0 Å². The van der Waals surface area contributed by atoms with Crippen LogP contribution >= 0.6 is 0 Å². The van der Waals surface area contributed by atoms with Gasteiger partial charge in [-0.3, -0.25) is 24.2 Å². The van der Waals surface area contributed by atoms with Crippen molar-refractivity contribution in [1.82, 2.24) is 34.7 Å². The van der Waals surface area contributed by atoms with E-state index in [2.05, 4.69) is 36.1 Å². The number of aryl methyl sites for hydroxylation is 2. The third-order valence-electron chi connectivity index (χ3n) is 5.40. The van der Waals surface area contributed by atoms with Gasteiger partial charge in [-0.15, -0.1) is 0 Å². The maximum atomic E-state index is 13.0. The molecular formula is C21H21N9O2. The van der Waals surface area contributed by atoms with Gasteiger partial charge in [-0.05, 0) is 13.0 Å². The van der Waals surface area contributed by atoms with Crippen LogP contribution in [0.1, 0.15) is 16.1 Å². The number of hydrogen-bond donors (Lipinski definition) is 3. The quantitative estimate of drug-likeness (QED) is 0.433. The van der Waals surface area contributed by atoms with Gasteiger partial charge in [0.05, 0.1) is 70.7 Å². The van der Waals surface area contributed by atoms with E-state index in [-0.39, 0.29) is 17.7 Å². The van der Waals surface area contributed by atoms with Crippen LogP contribution in [0.4, 0.5) is 11.4 Å². The second-order valence-corrected chi connectivity index (χ2v) is 7.72. The largest absolute Gasteiger partial charge is 0.324 e. The first kappa shape index (κ1) is 19.8. The van der Waals surface area contributed by atoms with E-state index in [1.807, 2.05) is 13.2 Å². The van der Waals surface area contributed by atoms with Crippen molar-refractivity contribution in [2.24, 2.45) is 13.0 Å². The summed E-state index contributed by atoms with van der Waals surface area (Å²) >= 11 is 0. The fraction of sp³-hybridized carbons (Fsp3) is 0.238. The molecule has 0 aromatic carbocycles. The molecule has 5 rings (SSSR count). The number of amides is 2. The Morgan fingerprint density at radius 2 is 1.91 bits per heavy atom. The molecule has 0 aliphatic carbocycles. The first-order chi connectivity index (χ1) is 15.5. The minimum Gasteiger partial charge on any atom is -0.324 e. The maximum absolute atomic E-state index is 13.0. The second kappa shape index (κ2) is 7.85. The van der Waals surface area contributed by atoms with E-state index in [1.54, 1.807) is 47.0 Å². The van der Waals surface area contributed by atoms with Crippen LogP contribution < -0.4 is 16.0 Å². The summed E-state index contributed by atoms with van der Waals surface area (Å²) in [6.07, 6.45) is 10.0. The van der Waals surface area contributed by atoms with Crippen molar-refractivity contribution < 1.29 is 9.59 Å². The first-order valence-corrected chi connectivity index (χ1v) is 10.1. The molecule has 0 spiro atoms. The Labute approximate surface area is 182 Å². The summed E-state index contributed by atoms with van der Waals surface area (Å²) < 4.78 is 3.30. The van der Waals surface area contributed by atoms with Gasteiger partial charge in [0.1, 0.15) is 0 Å². The van der Waals surface area contributed by atoms with E-state index in [9.17, 15) is 9.59 Å². The van der Waals surface area contributed by atoms with E-state index in [0.29, 0.717) is 46.9 Å². The number of pyridine rings is 1. The van der Waals surface area contributed by atoms with Gasteiger partial charge in [0.2, 0.25) is 5.91 Å². The molecule has 3 N–H and O–H groups in total. The summed E-state index contributed by atoms with van der Waals surface area (Å²) in [6, 6.07) is 1.70. The van der Waals surface area contributed by atoms with Crippen molar-refractivity contribution >= 4 is 28.7 Å². The molecule has 0 unspecified atom stereocenters. The number of anilines is 2. The molecule has 4 aromatic heterocycles. The zero-order valence-electron chi connectivity index (χ0n) is 17.5. The lowest BCUT2D eigenvalue weighted by Gasteiger charge is -2.25. The van der Waals surface area contributed by atoms with E-state index in [4.69, 9.17) is 0 Å². The molecule has 0 atom stereocenters. The SMILES string of the molecule is Cc1ncc(NC(=O)C2CNC2)cc1NC(=O)c1cnn2cc(-c3cnn(C)c3)ncc12. The Kier molecular flexibility index (Phi) is 4.86. The molecule has 1 aliphatic rings. The fourth-order valence-corrected chi connectivity index (χ4v) is 3.40. The van der Waals surface area contributed by atoms with Crippen molar-refractivity contribution in [3.63, 3.8) is 0 Å². The molecule has 0 bridgehead atoms. The van der Waals surface area contributed by atoms with Gasteiger partial charge in [0.15, 0.2) is 0 Å². The Balaban J connectivity index is 1.36. The highest BCUT2D eigenvalue weighted by Crippen LogP contribution is 2.22. The van der Waals surface area contributed by atoms with Gasteiger partial charge >= 0.3 is 0 Å². The zero-order valence-corrected chi connectivity index (χ0v) is 17.5. The van der Waals surface area contributed by atoms with Gasteiger partial charge in [-0.1, -0.05) is 0 Å². The summed E-state index contributed by atoms with van der Waals surface area (Å²) in [5.41, 5.74) is 4.19. The molecule has 0 saturated carbocycles. The highest BCUT2D eigenvalue weighted by molar-refractivity contribution is 6.09. The molecule has 162 valence electrons.